The highest BCUT2D eigenvalue weighted by atomic mass is 32.1. The molecule has 0 bridgehead atoms. The molecule has 5 rings (SSSR count). The Bertz CT molecular complexity index is 1290. The summed E-state index contributed by atoms with van der Waals surface area (Å²) in [6, 6.07) is 8.09. The molecule has 0 spiro atoms. The Kier molecular flexibility index (Phi) is 4.39. The van der Waals surface area contributed by atoms with Crippen LogP contribution in [0.25, 0.3) is 22.3 Å². The van der Waals surface area contributed by atoms with Crippen LogP contribution >= 0.6 is 11.3 Å². The van der Waals surface area contributed by atoms with Gasteiger partial charge in [0.2, 0.25) is 0 Å². The van der Waals surface area contributed by atoms with Gasteiger partial charge in [0.05, 0.1) is 22.3 Å². The first-order valence-electron chi connectivity index (χ1n) is 9.79. The van der Waals surface area contributed by atoms with E-state index in [4.69, 9.17) is 4.98 Å². The van der Waals surface area contributed by atoms with E-state index in [1.54, 1.807) is 16.8 Å². The van der Waals surface area contributed by atoms with Crippen molar-refractivity contribution in [2.75, 3.05) is 5.32 Å². The van der Waals surface area contributed by atoms with Gasteiger partial charge in [0.25, 0.3) is 5.91 Å². The molecule has 30 heavy (non-hydrogen) atoms. The first kappa shape index (κ1) is 18.9. The van der Waals surface area contributed by atoms with Crippen molar-refractivity contribution in [1.82, 2.24) is 19.7 Å². The quantitative estimate of drug-likeness (QED) is 0.505. The van der Waals surface area contributed by atoms with Gasteiger partial charge in [-0.05, 0) is 57.0 Å². The van der Waals surface area contributed by atoms with Crippen molar-refractivity contribution in [3.05, 3.63) is 58.0 Å². The summed E-state index contributed by atoms with van der Waals surface area (Å²) in [5.41, 5.74) is 4.57. The SMILES string of the molecule is Cc1sc(NC(=O)c2cc(C3CC3)nc3c2c(C)nn3C)nc1-c1ccc(F)cc1. The van der Waals surface area contributed by atoms with Crippen LogP contribution in [0.4, 0.5) is 9.52 Å². The second-order valence-corrected chi connectivity index (χ2v) is 8.86. The van der Waals surface area contributed by atoms with Crippen molar-refractivity contribution in [1.29, 1.82) is 0 Å². The number of hydrogen-bond acceptors (Lipinski definition) is 5. The van der Waals surface area contributed by atoms with Gasteiger partial charge in [0, 0.05) is 29.1 Å². The van der Waals surface area contributed by atoms with Crippen molar-refractivity contribution >= 4 is 33.4 Å². The fourth-order valence-electron chi connectivity index (χ4n) is 3.72. The van der Waals surface area contributed by atoms with Gasteiger partial charge in [-0.3, -0.25) is 14.8 Å². The predicted octanol–water partition coefficient (Wildman–Crippen LogP) is 4.98. The second-order valence-electron chi connectivity index (χ2n) is 7.66. The van der Waals surface area contributed by atoms with Gasteiger partial charge in [0.15, 0.2) is 10.8 Å². The molecule has 152 valence electrons. The number of carbonyl (C=O) groups is 1. The number of benzene rings is 1. The van der Waals surface area contributed by atoms with Crippen LogP contribution in [0.2, 0.25) is 0 Å². The van der Waals surface area contributed by atoms with E-state index >= 15 is 0 Å². The highest BCUT2D eigenvalue weighted by Gasteiger charge is 2.28. The summed E-state index contributed by atoms with van der Waals surface area (Å²) in [4.78, 5) is 23.5. The number of aromatic nitrogens is 4. The van der Waals surface area contributed by atoms with Crippen LogP contribution in [0.15, 0.2) is 30.3 Å². The maximum Gasteiger partial charge on any atom is 0.258 e. The van der Waals surface area contributed by atoms with Gasteiger partial charge in [0.1, 0.15) is 5.82 Å². The number of rotatable bonds is 4. The zero-order chi connectivity index (χ0) is 21.0. The number of nitrogens with zero attached hydrogens (tertiary/aromatic N) is 4. The molecule has 6 nitrogen and oxygen atoms in total. The third kappa shape index (κ3) is 3.27. The third-order valence-electron chi connectivity index (χ3n) is 5.36. The number of halogens is 1. The van der Waals surface area contributed by atoms with Gasteiger partial charge in [-0.15, -0.1) is 11.3 Å². The van der Waals surface area contributed by atoms with E-state index in [1.165, 1.54) is 23.5 Å². The Hall–Kier alpha value is -3.13. The zero-order valence-corrected chi connectivity index (χ0v) is 17.7. The third-order valence-corrected chi connectivity index (χ3v) is 6.25. The average molecular weight is 422 g/mol. The molecule has 0 atom stereocenters. The minimum absolute atomic E-state index is 0.222. The molecule has 1 aromatic carbocycles. The molecule has 1 N–H and O–H groups in total. The normalized spacial score (nSPS) is 13.7. The highest BCUT2D eigenvalue weighted by Crippen LogP contribution is 2.40. The molecule has 0 unspecified atom stereocenters. The van der Waals surface area contributed by atoms with E-state index in [0.717, 1.165) is 51.4 Å². The molecular formula is C22H20FN5OS. The lowest BCUT2D eigenvalue weighted by atomic mass is 10.1. The summed E-state index contributed by atoms with van der Waals surface area (Å²) in [5.74, 6) is -0.0941. The first-order valence-corrected chi connectivity index (χ1v) is 10.6. The number of amides is 1. The Morgan fingerprint density at radius 2 is 1.93 bits per heavy atom. The maximum atomic E-state index is 13.2. The molecular weight excluding hydrogens is 401 g/mol. The number of aryl methyl sites for hydroxylation is 3. The molecule has 0 radical (unpaired) electrons. The fourth-order valence-corrected chi connectivity index (χ4v) is 4.55. The molecule has 1 saturated carbocycles. The van der Waals surface area contributed by atoms with E-state index in [0.29, 0.717) is 16.6 Å². The van der Waals surface area contributed by atoms with E-state index in [9.17, 15) is 9.18 Å². The Morgan fingerprint density at radius 1 is 1.20 bits per heavy atom. The van der Waals surface area contributed by atoms with Crippen molar-refractivity contribution in [2.45, 2.75) is 32.6 Å². The lowest BCUT2D eigenvalue weighted by Crippen LogP contribution is -2.13. The van der Waals surface area contributed by atoms with Gasteiger partial charge in [-0.1, -0.05) is 0 Å². The van der Waals surface area contributed by atoms with Crippen molar-refractivity contribution in [3.63, 3.8) is 0 Å². The zero-order valence-electron chi connectivity index (χ0n) is 16.9. The molecule has 1 aliphatic carbocycles. The summed E-state index contributed by atoms with van der Waals surface area (Å²) in [6.07, 6.45) is 2.20. The number of carbonyl (C=O) groups excluding carboxylic acids is 1. The van der Waals surface area contributed by atoms with Gasteiger partial charge in [-0.25, -0.2) is 14.4 Å². The summed E-state index contributed by atoms with van der Waals surface area (Å²) < 4.78 is 15.0. The molecule has 3 aromatic heterocycles. The van der Waals surface area contributed by atoms with Crippen molar-refractivity contribution in [3.8, 4) is 11.3 Å². The smallest absolute Gasteiger partial charge is 0.258 e. The van der Waals surface area contributed by atoms with Crippen LogP contribution in [-0.2, 0) is 7.05 Å². The standard InChI is InChI=1S/C22H20FN5OS/c1-11-18-16(10-17(13-4-5-13)24-20(18)28(3)27-11)21(29)26-22-25-19(12(2)30-22)14-6-8-15(23)9-7-14/h6-10,13H,4-5H2,1-3H3,(H,25,26,29). The predicted molar refractivity (Wildman–Crippen MR) is 115 cm³/mol. The maximum absolute atomic E-state index is 13.2. The van der Waals surface area contributed by atoms with E-state index in [-0.39, 0.29) is 11.7 Å². The number of fused-ring (bicyclic) bond motifs is 1. The Morgan fingerprint density at radius 3 is 2.63 bits per heavy atom. The summed E-state index contributed by atoms with van der Waals surface area (Å²) in [6.45, 7) is 3.82. The van der Waals surface area contributed by atoms with Crippen LogP contribution in [0.3, 0.4) is 0 Å². The highest BCUT2D eigenvalue weighted by molar-refractivity contribution is 7.16. The average Bonchev–Trinajstić information content (AvgIpc) is 3.45. The Balaban J connectivity index is 1.51. The fraction of sp³-hybridized carbons (Fsp3) is 0.273. The van der Waals surface area contributed by atoms with Crippen LogP contribution < -0.4 is 5.32 Å². The van der Waals surface area contributed by atoms with Gasteiger partial charge in [-0.2, -0.15) is 5.10 Å². The van der Waals surface area contributed by atoms with E-state index < -0.39 is 0 Å². The molecule has 1 amide bonds. The Labute approximate surface area is 176 Å². The molecule has 1 fully saturated rings. The summed E-state index contributed by atoms with van der Waals surface area (Å²) in [7, 11) is 1.85. The number of thiazole rings is 1. The minimum atomic E-state index is -0.292. The molecule has 0 saturated heterocycles. The topological polar surface area (TPSA) is 72.7 Å². The number of anilines is 1. The molecule has 8 heteroatoms. The monoisotopic (exact) mass is 421 g/mol. The number of hydrogen-bond donors (Lipinski definition) is 1. The first-order chi connectivity index (χ1) is 14.4. The molecule has 3 heterocycles. The second kappa shape index (κ2) is 6.98. The van der Waals surface area contributed by atoms with E-state index in [1.807, 2.05) is 27.0 Å². The van der Waals surface area contributed by atoms with E-state index in [2.05, 4.69) is 15.4 Å². The number of nitrogens with one attached hydrogen (secondary N) is 1. The minimum Gasteiger partial charge on any atom is -0.298 e. The van der Waals surface area contributed by atoms with Crippen molar-refractivity contribution < 1.29 is 9.18 Å². The van der Waals surface area contributed by atoms with Gasteiger partial charge < -0.3 is 0 Å². The van der Waals surface area contributed by atoms with Crippen LogP contribution in [0.5, 0.6) is 0 Å². The lowest BCUT2D eigenvalue weighted by Gasteiger charge is -2.07. The molecule has 0 aliphatic heterocycles. The number of pyridine rings is 1. The summed E-state index contributed by atoms with van der Waals surface area (Å²) in [5, 5.41) is 8.68. The summed E-state index contributed by atoms with van der Waals surface area (Å²) >= 11 is 1.40. The van der Waals surface area contributed by atoms with Gasteiger partial charge >= 0.3 is 0 Å². The van der Waals surface area contributed by atoms with Crippen LogP contribution in [-0.4, -0.2) is 25.7 Å². The van der Waals surface area contributed by atoms with Crippen molar-refractivity contribution in [2.24, 2.45) is 7.05 Å². The lowest BCUT2D eigenvalue weighted by molar-refractivity contribution is 0.102. The van der Waals surface area contributed by atoms with Crippen LogP contribution in [0.1, 0.15) is 45.4 Å². The molecule has 1 aliphatic rings. The largest absolute Gasteiger partial charge is 0.298 e. The molecule has 4 aromatic rings. The van der Waals surface area contributed by atoms with Crippen LogP contribution in [0, 0.1) is 19.7 Å².